The number of aliphatic hydroxyl groups excluding tert-OH is 1. The molecule has 24 heavy (non-hydrogen) atoms. The predicted octanol–water partition coefficient (Wildman–Crippen LogP) is 4.18. The Morgan fingerprint density at radius 2 is 1.79 bits per heavy atom. The monoisotopic (exact) mass is 331 g/mol. The van der Waals surface area contributed by atoms with E-state index in [2.05, 4.69) is 32.6 Å². The van der Waals surface area contributed by atoms with Crippen LogP contribution in [0.15, 0.2) is 0 Å². The molecule has 6 aliphatic rings. The van der Waals surface area contributed by atoms with Crippen LogP contribution >= 0.6 is 0 Å². The Morgan fingerprint density at radius 3 is 2.54 bits per heavy atom. The van der Waals surface area contributed by atoms with Crippen LogP contribution in [-0.2, 0) is 0 Å². The fourth-order valence-corrected chi connectivity index (χ4v) is 8.30. The van der Waals surface area contributed by atoms with Crippen molar-refractivity contribution in [2.24, 2.45) is 46.3 Å². The Labute approximate surface area is 148 Å². The van der Waals surface area contributed by atoms with Gasteiger partial charge < -0.3 is 5.11 Å². The van der Waals surface area contributed by atoms with Crippen molar-refractivity contribution in [3.05, 3.63) is 0 Å². The van der Waals surface area contributed by atoms with Gasteiger partial charge in [0.25, 0.3) is 0 Å². The minimum absolute atomic E-state index is 0.0128. The molecule has 2 heteroatoms. The summed E-state index contributed by atoms with van der Waals surface area (Å²) in [6, 6.07) is 0.672. The van der Waals surface area contributed by atoms with Crippen LogP contribution in [0.1, 0.15) is 66.2 Å². The van der Waals surface area contributed by atoms with Gasteiger partial charge in [-0.15, -0.1) is 0 Å². The molecule has 0 aromatic rings. The first-order valence-electron chi connectivity index (χ1n) is 10.7. The number of piperidine rings is 1. The molecule has 1 heterocycles. The minimum Gasteiger partial charge on any atom is -0.393 e. The molecule has 136 valence electrons. The lowest BCUT2D eigenvalue weighted by atomic mass is 9.49. The fraction of sp³-hybridized carbons (Fsp3) is 1.00. The van der Waals surface area contributed by atoms with E-state index in [1.54, 1.807) is 0 Å². The van der Waals surface area contributed by atoms with Crippen molar-refractivity contribution < 1.29 is 5.11 Å². The second-order valence-corrected chi connectivity index (χ2v) is 11.2. The van der Waals surface area contributed by atoms with Crippen molar-refractivity contribution in [3.8, 4) is 0 Å². The average Bonchev–Trinajstić information content (AvgIpc) is 2.67. The van der Waals surface area contributed by atoms with Crippen molar-refractivity contribution >= 4 is 0 Å². The summed E-state index contributed by atoms with van der Waals surface area (Å²) in [5.41, 5.74) is 1.00. The molecule has 0 amide bonds. The zero-order valence-corrected chi connectivity index (χ0v) is 16.2. The molecule has 5 aliphatic carbocycles. The third-order valence-electron chi connectivity index (χ3n) is 10.2. The van der Waals surface area contributed by atoms with Crippen LogP contribution in [0.4, 0.5) is 0 Å². The highest BCUT2D eigenvalue weighted by Gasteiger charge is 2.59. The molecule has 0 unspecified atom stereocenters. The summed E-state index contributed by atoms with van der Waals surface area (Å²) in [7, 11) is 0. The summed E-state index contributed by atoms with van der Waals surface area (Å²) in [6.45, 7) is 12.7. The molecule has 0 spiro atoms. The van der Waals surface area contributed by atoms with Crippen LogP contribution < -0.4 is 0 Å². The van der Waals surface area contributed by atoms with E-state index in [9.17, 15) is 5.11 Å². The molecule has 1 saturated heterocycles. The number of hydrogen-bond acceptors (Lipinski definition) is 2. The van der Waals surface area contributed by atoms with Gasteiger partial charge in [-0.3, -0.25) is 4.90 Å². The third-order valence-corrected chi connectivity index (χ3v) is 10.2. The average molecular weight is 332 g/mol. The molecule has 6 fully saturated rings. The van der Waals surface area contributed by atoms with E-state index in [0.29, 0.717) is 28.7 Å². The zero-order chi connectivity index (χ0) is 16.9. The van der Waals surface area contributed by atoms with Crippen LogP contribution in [0.3, 0.4) is 0 Å². The molecule has 0 aromatic carbocycles. The molecule has 6 rings (SSSR count). The van der Waals surface area contributed by atoms with Crippen LogP contribution in [0, 0.1) is 46.3 Å². The molecule has 1 N–H and O–H groups in total. The topological polar surface area (TPSA) is 23.5 Å². The molecule has 2 nitrogen and oxygen atoms in total. The molecule has 6 bridgehead atoms. The maximum Gasteiger partial charge on any atom is 0.0600 e. The van der Waals surface area contributed by atoms with Crippen LogP contribution in [0.25, 0.3) is 0 Å². The van der Waals surface area contributed by atoms with Gasteiger partial charge in [-0.1, -0.05) is 20.8 Å². The Balaban J connectivity index is 1.39. The molecule has 0 aromatic heterocycles. The normalized spacial score (nSPS) is 56.6. The van der Waals surface area contributed by atoms with Crippen molar-refractivity contribution in [3.63, 3.8) is 0 Å². The largest absolute Gasteiger partial charge is 0.393 e. The van der Waals surface area contributed by atoms with E-state index in [1.165, 1.54) is 51.6 Å². The van der Waals surface area contributed by atoms with Gasteiger partial charge in [0.05, 0.1) is 6.10 Å². The van der Waals surface area contributed by atoms with Crippen molar-refractivity contribution in [1.29, 1.82) is 0 Å². The number of fused-ring (bicyclic) bond motifs is 2. The second kappa shape index (κ2) is 5.00. The number of hydrogen-bond donors (Lipinski definition) is 1. The Bertz CT molecular complexity index is 530. The van der Waals surface area contributed by atoms with Gasteiger partial charge in [-0.25, -0.2) is 0 Å². The second-order valence-electron chi connectivity index (χ2n) is 11.2. The van der Waals surface area contributed by atoms with Gasteiger partial charge in [0, 0.05) is 19.1 Å². The smallest absolute Gasteiger partial charge is 0.0600 e. The lowest BCUT2D eigenvalue weighted by Gasteiger charge is -2.61. The first-order valence-corrected chi connectivity index (χ1v) is 10.7. The summed E-state index contributed by atoms with van der Waals surface area (Å²) in [6.07, 6.45) is 8.29. The number of nitrogens with zero attached hydrogens (tertiary/aromatic N) is 1. The molecular formula is C22H37NO. The summed E-state index contributed by atoms with van der Waals surface area (Å²) >= 11 is 0. The van der Waals surface area contributed by atoms with Gasteiger partial charge >= 0.3 is 0 Å². The van der Waals surface area contributed by atoms with Gasteiger partial charge in [0.1, 0.15) is 0 Å². The summed E-state index contributed by atoms with van der Waals surface area (Å²) in [5, 5.41) is 10.9. The van der Waals surface area contributed by atoms with Crippen molar-refractivity contribution in [1.82, 2.24) is 4.90 Å². The highest BCUT2D eigenvalue weighted by Crippen LogP contribution is 2.61. The van der Waals surface area contributed by atoms with Gasteiger partial charge in [0.15, 0.2) is 0 Å². The molecule has 1 aliphatic heterocycles. The van der Waals surface area contributed by atoms with Crippen molar-refractivity contribution in [2.75, 3.05) is 13.1 Å². The summed E-state index contributed by atoms with van der Waals surface area (Å²) in [4.78, 5) is 2.86. The first-order chi connectivity index (χ1) is 11.3. The maximum absolute atomic E-state index is 10.9. The molecular weight excluding hydrogens is 294 g/mol. The van der Waals surface area contributed by atoms with E-state index in [1.807, 2.05) is 0 Å². The lowest BCUT2D eigenvalue weighted by Crippen LogP contribution is -2.62. The summed E-state index contributed by atoms with van der Waals surface area (Å²) in [5.74, 6) is 4.74. The number of rotatable bonds is 2. The highest BCUT2D eigenvalue weighted by atomic mass is 16.3. The quantitative estimate of drug-likeness (QED) is 0.820. The zero-order valence-electron chi connectivity index (χ0n) is 16.2. The first kappa shape index (κ1) is 16.1. The summed E-state index contributed by atoms with van der Waals surface area (Å²) < 4.78 is 0. The third kappa shape index (κ3) is 1.96. The molecule has 0 radical (unpaired) electrons. The lowest BCUT2D eigenvalue weighted by molar-refractivity contribution is -0.156. The Morgan fingerprint density at radius 1 is 1.04 bits per heavy atom. The predicted molar refractivity (Wildman–Crippen MR) is 97.6 cm³/mol. The fourth-order valence-electron chi connectivity index (χ4n) is 8.30. The standard InChI is InChI=1S/C22H37NO/c1-13(23-11-17-5-6-22(4,12-23)21(17,2)3)19-15-7-14-8-16(10-15)20(24)18(19)9-14/h13-20,24H,5-12H2,1-4H3/t13-,14-,15-,16-,17+,18-,19-,20-,22+/m0/s1. The van der Waals surface area contributed by atoms with E-state index in [-0.39, 0.29) is 6.10 Å². The van der Waals surface area contributed by atoms with Crippen LogP contribution in [0.2, 0.25) is 0 Å². The van der Waals surface area contributed by atoms with E-state index < -0.39 is 0 Å². The minimum atomic E-state index is 0.0128. The van der Waals surface area contributed by atoms with E-state index in [4.69, 9.17) is 0 Å². The highest BCUT2D eigenvalue weighted by molar-refractivity contribution is 5.10. The van der Waals surface area contributed by atoms with E-state index in [0.717, 1.165) is 23.7 Å². The Kier molecular flexibility index (Phi) is 3.36. The van der Waals surface area contributed by atoms with Gasteiger partial charge in [0.2, 0.25) is 0 Å². The van der Waals surface area contributed by atoms with Crippen LogP contribution in [-0.4, -0.2) is 35.2 Å². The Hall–Kier alpha value is -0.0800. The number of aliphatic hydroxyl groups is 1. The maximum atomic E-state index is 10.9. The van der Waals surface area contributed by atoms with Crippen molar-refractivity contribution in [2.45, 2.75) is 78.4 Å². The SMILES string of the molecule is C[C@@H]([C@H]1[C@H]2C[C@H]3C[C@@H](C2)[C@H](O)[C@H]1C3)N1C[C@H]2CC[C@](C)(C1)C2(C)C. The number of likely N-dealkylation sites (tertiary alicyclic amines) is 1. The van der Waals surface area contributed by atoms with Gasteiger partial charge in [-0.05, 0) is 91.8 Å². The molecule has 9 atom stereocenters. The molecule has 5 saturated carbocycles. The van der Waals surface area contributed by atoms with Gasteiger partial charge in [-0.2, -0.15) is 0 Å². The van der Waals surface area contributed by atoms with E-state index >= 15 is 0 Å². The van der Waals surface area contributed by atoms with Crippen LogP contribution in [0.5, 0.6) is 0 Å².